The van der Waals surface area contributed by atoms with Gasteiger partial charge in [-0.3, -0.25) is 4.79 Å². The fraction of sp³-hybridized carbons (Fsp3) is 0.938. The van der Waals surface area contributed by atoms with Gasteiger partial charge in [0.1, 0.15) is 0 Å². The Morgan fingerprint density at radius 3 is 2.35 bits per heavy atom. The van der Waals surface area contributed by atoms with Crippen LogP contribution in [0, 0.1) is 0 Å². The van der Waals surface area contributed by atoms with Gasteiger partial charge in [-0.05, 0) is 40.0 Å². The molecule has 0 rings (SSSR count). The molecule has 4 heteroatoms. The van der Waals surface area contributed by atoms with Gasteiger partial charge in [0, 0.05) is 26.6 Å². The number of carbonyl (C=O) groups excluding carboxylic acids is 1. The Morgan fingerprint density at radius 2 is 1.75 bits per heavy atom. The number of hydrogen-bond acceptors (Lipinski definition) is 3. The summed E-state index contributed by atoms with van der Waals surface area (Å²) < 4.78 is 11.1. The van der Waals surface area contributed by atoms with E-state index in [-0.39, 0.29) is 12.0 Å². The largest absolute Gasteiger partial charge is 0.379 e. The molecule has 0 heterocycles. The zero-order valence-corrected chi connectivity index (χ0v) is 14.0. The van der Waals surface area contributed by atoms with Gasteiger partial charge in [0.05, 0.1) is 18.8 Å². The number of likely N-dealkylation sites (N-methyl/N-ethyl adjacent to an activating group) is 1. The van der Waals surface area contributed by atoms with Gasteiger partial charge in [0.25, 0.3) is 0 Å². The van der Waals surface area contributed by atoms with Gasteiger partial charge < -0.3 is 14.4 Å². The van der Waals surface area contributed by atoms with E-state index >= 15 is 0 Å². The monoisotopic (exact) mass is 287 g/mol. The van der Waals surface area contributed by atoms with Gasteiger partial charge in [0.2, 0.25) is 5.91 Å². The number of unbranched alkanes of at least 4 members (excludes halogenated alkanes) is 2. The summed E-state index contributed by atoms with van der Waals surface area (Å²) in [5.74, 6) is 0.209. The number of nitrogens with zero attached hydrogens (tertiary/aromatic N) is 1. The summed E-state index contributed by atoms with van der Waals surface area (Å²) >= 11 is 0. The summed E-state index contributed by atoms with van der Waals surface area (Å²) in [6.07, 6.45) is 5.30. The van der Waals surface area contributed by atoms with Crippen molar-refractivity contribution in [2.45, 2.75) is 72.0 Å². The number of carbonyl (C=O) groups is 1. The van der Waals surface area contributed by atoms with E-state index in [0.717, 1.165) is 32.3 Å². The topological polar surface area (TPSA) is 38.8 Å². The number of rotatable bonds is 12. The highest BCUT2D eigenvalue weighted by Crippen LogP contribution is 2.05. The maximum absolute atomic E-state index is 11.8. The molecule has 1 atom stereocenters. The Labute approximate surface area is 124 Å². The SMILES string of the molecule is CCC(C)OCCCCCC(=O)N(C)CCOC(C)C. The lowest BCUT2D eigenvalue weighted by Gasteiger charge is -2.18. The molecule has 0 spiro atoms. The van der Waals surface area contributed by atoms with Gasteiger partial charge in [-0.25, -0.2) is 0 Å². The molecular formula is C16H33NO3. The molecule has 0 aliphatic rings. The molecule has 0 aliphatic carbocycles. The van der Waals surface area contributed by atoms with Crippen LogP contribution in [0.4, 0.5) is 0 Å². The molecule has 0 fully saturated rings. The van der Waals surface area contributed by atoms with Crippen LogP contribution in [-0.4, -0.2) is 49.8 Å². The lowest BCUT2D eigenvalue weighted by molar-refractivity contribution is -0.130. The van der Waals surface area contributed by atoms with E-state index in [0.29, 0.717) is 25.7 Å². The fourth-order valence-electron chi connectivity index (χ4n) is 1.70. The summed E-state index contributed by atoms with van der Waals surface area (Å²) in [5, 5.41) is 0. The molecule has 0 saturated carbocycles. The van der Waals surface area contributed by atoms with E-state index in [1.807, 2.05) is 20.9 Å². The molecule has 0 saturated heterocycles. The molecule has 20 heavy (non-hydrogen) atoms. The summed E-state index contributed by atoms with van der Waals surface area (Å²) in [4.78, 5) is 13.6. The van der Waals surface area contributed by atoms with Crippen LogP contribution in [-0.2, 0) is 14.3 Å². The molecule has 0 aromatic rings. The third kappa shape index (κ3) is 11.2. The Hall–Kier alpha value is -0.610. The van der Waals surface area contributed by atoms with Crippen LogP contribution in [0.15, 0.2) is 0 Å². The molecule has 0 aliphatic heterocycles. The summed E-state index contributed by atoms with van der Waals surface area (Å²) in [6, 6.07) is 0. The average molecular weight is 287 g/mol. The van der Waals surface area contributed by atoms with Crippen LogP contribution in [0.25, 0.3) is 0 Å². The second-order valence-corrected chi connectivity index (χ2v) is 5.64. The molecule has 1 unspecified atom stereocenters. The third-order valence-corrected chi connectivity index (χ3v) is 3.32. The quantitative estimate of drug-likeness (QED) is 0.517. The molecule has 0 aromatic carbocycles. The van der Waals surface area contributed by atoms with Crippen molar-refractivity contribution in [3.8, 4) is 0 Å². The van der Waals surface area contributed by atoms with Crippen molar-refractivity contribution in [1.82, 2.24) is 4.90 Å². The Morgan fingerprint density at radius 1 is 1.05 bits per heavy atom. The summed E-state index contributed by atoms with van der Waals surface area (Å²) in [7, 11) is 1.85. The van der Waals surface area contributed by atoms with Crippen LogP contribution in [0.5, 0.6) is 0 Å². The van der Waals surface area contributed by atoms with Crippen LogP contribution < -0.4 is 0 Å². The first-order chi connectivity index (χ1) is 9.47. The van der Waals surface area contributed by atoms with Crippen LogP contribution in [0.2, 0.25) is 0 Å². The zero-order valence-electron chi connectivity index (χ0n) is 14.0. The van der Waals surface area contributed by atoms with Crippen molar-refractivity contribution in [3.63, 3.8) is 0 Å². The van der Waals surface area contributed by atoms with Crippen LogP contribution in [0.1, 0.15) is 59.8 Å². The van der Waals surface area contributed by atoms with E-state index in [1.54, 1.807) is 4.90 Å². The summed E-state index contributed by atoms with van der Waals surface area (Å²) in [5.41, 5.74) is 0. The maximum atomic E-state index is 11.8. The lowest BCUT2D eigenvalue weighted by atomic mass is 10.2. The van der Waals surface area contributed by atoms with E-state index in [1.165, 1.54) is 0 Å². The molecule has 0 bridgehead atoms. The predicted octanol–water partition coefficient (Wildman–Crippen LogP) is 3.25. The van der Waals surface area contributed by atoms with Crippen LogP contribution >= 0.6 is 0 Å². The highest BCUT2D eigenvalue weighted by atomic mass is 16.5. The van der Waals surface area contributed by atoms with E-state index in [4.69, 9.17) is 9.47 Å². The molecule has 0 radical (unpaired) electrons. The lowest BCUT2D eigenvalue weighted by Crippen LogP contribution is -2.30. The normalized spacial score (nSPS) is 12.7. The first-order valence-corrected chi connectivity index (χ1v) is 7.94. The van der Waals surface area contributed by atoms with Crippen molar-refractivity contribution in [2.75, 3.05) is 26.8 Å². The van der Waals surface area contributed by atoms with Crippen molar-refractivity contribution in [1.29, 1.82) is 0 Å². The molecular weight excluding hydrogens is 254 g/mol. The van der Waals surface area contributed by atoms with Gasteiger partial charge in [-0.2, -0.15) is 0 Å². The second-order valence-electron chi connectivity index (χ2n) is 5.64. The number of ether oxygens (including phenoxy) is 2. The zero-order chi connectivity index (χ0) is 15.4. The van der Waals surface area contributed by atoms with E-state index in [2.05, 4.69) is 13.8 Å². The highest BCUT2D eigenvalue weighted by molar-refractivity contribution is 5.75. The molecule has 0 aromatic heterocycles. The first kappa shape index (κ1) is 19.4. The van der Waals surface area contributed by atoms with Crippen molar-refractivity contribution in [2.24, 2.45) is 0 Å². The number of hydrogen-bond donors (Lipinski definition) is 0. The average Bonchev–Trinajstić information content (AvgIpc) is 2.41. The standard InChI is InChI=1S/C16H33NO3/c1-6-15(4)20-12-9-7-8-10-16(18)17(5)11-13-19-14(2)3/h14-15H,6-13H2,1-5H3. The molecule has 1 amide bonds. The molecule has 0 N–H and O–H groups in total. The molecule has 4 nitrogen and oxygen atoms in total. The Bertz CT molecular complexity index is 244. The van der Waals surface area contributed by atoms with Crippen molar-refractivity contribution >= 4 is 5.91 Å². The maximum Gasteiger partial charge on any atom is 0.222 e. The van der Waals surface area contributed by atoms with E-state index in [9.17, 15) is 4.79 Å². The first-order valence-electron chi connectivity index (χ1n) is 7.94. The highest BCUT2D eigenvalue weighted by Gasteiger charge is 2.08. The second kappa shape index (κ2) is 12.2. The van der Waals surface area contributed by atoms with Crippen LogP contribution in [0.3, 0.4) is 0 Å². The minimum absolute atomic E-state index is 0.209. The smallest absolute Gasteiger partial charge is 0.222 e. The minimum atomic E-state index is 0.209. The van der Waals surface area contributed by atoms with Gasteiger partial charge in [-0.1, -0.05) is 13.3 Å². The van der Waals surface area contributed by atoms with Gasteiger partial charge in [-0.15, -0.1) is 0 Å². The number of amides is 1. The Kier molecular flexibility index (Phi) is 11.8. The fourth-order valence-corrected chi connectivity index (χ4v) is 1.70. The minimum Gasteiger partial charge on any atom is -0.379 e. The van der Waals surface area contributed by atoms with Gasteiger partial charge >= 0.3 is 0 Å². The van der Waals surface area contributed by atoms with Crippen molar-refractivity contribution in [3.05, 3.63) is 0 Å². The predicted molar refractivity (Wildman–Crippen MR) is 82.9 cm³/mol. The molecule has 120 valence electrons. The van der Waals surface area contributed by atoms with Gasteiger partial charge in [0.15, 0.2) is 0 Å². The summed E-state index contributed by atoms with van der Waals surface area (Å²) in [6.45, 7) is 10.3. The Balaban J connectivity index is 3.47. The third-order valence-electron chi connectivity index (χ3n) is 3.32. The van der Waals surface area contributed by atoms with Crippen molar-refractivity contribution < 1.29 is 14.3 Å². The van der Waals surface area contributed by atoms with E-state index < -0.39 is 0 Å².